The molecule has 24 heavy (non-hydrogen) atoms. The Labute approximate surface area is 141 Å². The Bertz CT molecular complexity index is 582. The molecule has 1 saturated carbocycles. The van der Waals surface area contributed by atoms with E-state index in [-0.39, 0.29) is 23.4 Å². The zero-order chi connectivity index (χ0) is 17.3. The van der Waals surface area contributed by atoms with Gasteiger partial charge in [0.1, 0.15) is 11.9 Å². The van der Waals surface area contributed by atoms with E-state index in [0.717, 1.165) is 12.8 Å². The van der Waals surface area contributed by atoms with Gasteiger partial charge in [0.05, 0.1) is 12.2 Å². The van der Waals surface area contributed by atoms with Gasteiger partial charge in [0.15, 0.2) is 0 Å². The molecule has 3 N–H and O–H groups in total. The molecule has 3 unspecified atom stereocenters. The number of benzene rings is 1. The maximum Gasteiger partial charge on any atom is 0.239 e. The summed E-state index contributed by atoms with van der Waals surface area (Å²) in [4.78, 5) is 14.0. The molecule has 1 aliphatic heterocycles. The lowest BCUT2D eigenvalue weighted by atomic mass is 9.58. The fourth-order valence-electron chi connectivity index (χ4n) is 4.22. The number of carbonyl (C=O) groups excluding carboxylic acids is 1. The van der Waals surface area contributed by atoms with Crippen LogP contribution in [0.4, 0.5) is 4.39 Å². The van der Waals surface area contributed by atoms with E-state index in [1.165, 1.54) is 12.1 Å². The van der Waals surface area contributed by atoms with Crippen LogP contribution >= 0.6 is 0 Å². The molecule has 2 aliphatic rings. The molecule has 5 nitrogen and oxygen atoms in total. The van der Waals surface area contributed by atoms with Crippen molar-refractivity contribution >= 4 is 5.91 Å². The minimum Gasteiger partial charge on any atom is -0.392 e. The van der Waals surface area contributed by atoms with E-state index < -0.39 is 11.9 Å². The smallest absolute Gasteiger partial charge is 0.239 e. The minimum atomic E-state index is -0.564. The maximum atomic E-state index is 13.1. The standard InChI is InChI=1S/C18H25FN2O3/c1-2-24-15-11-14(22)18(15)7-9-21(10-8-18)16(17(20)23)12-3-5-13(19)6-4-12/h3-6,14-16,22H,2,7-11H2,1H3,(H2,20,23). The topological polar surface area (TPSA) is 75.8 Å². The fraction of sp³-hybridized carbons (Fsp3) is 0.611. The Morgan fingerprint density at radius 1 is 1.42 bits per heavy atom. The number of nitrogens with zero attached hydrogens (tertiary/aromatic N) is 1. The van der Waals surface area contributed by atoms with Gasteiger partial charge in [-0.2, -0.15) is 0 Å². The van der Waals surface area contributed by atoms with Crippen molar-refractivity contribution in [1.82, 2.24) is 4.90 Å². The highest BCUT2D eigenvalue weighted by atomic mass is 19.1. The molecule has 132 valence electrons. The Hall–Kier alpha value is -1.50. The van der Waals surface area contributed by atoms with Crippen LogP contribution in [-0.4, -0.2) is 47.8 Å². The fourth-order valence-corrected chi connectivity index (χ4v) is 4.22. The number of halogens is 1. The van der Waals surface area contributed by atoms with E-state index in [9.17, 15) is 14.3 Å². The van der Waals surface area contributed by atoms with Gasteiger partial charge in [0.2, 0.25) is 5.91 Å². The van der Waals surface area contributed by atoms with Crippen LogP contribution < -0.4 is 5.73 Å². The number of piperidine rings is 1. The molecule has 2 fully saturated rings. The van der Waals surface area contributed by atoms with Crippen molar-refractivity contribution in [1.29, 1.82) is 0 Å². The van der Waals surface area contributed by atoms with Gasteiger partial charge < -0.3 is 15.6 Å². The predicted molar refractivity (Wildman–Crippen MR) is 87.6 cm³/mol. The van der Waals surface area contributed by atoms with Crippen molar-refractivity contribution in [2.75, 3.05) is 19.7 Å². The van der Waals surface area contributed by atoms with Crippen LogP contribution in [0.15, 0.2) is 24.3 Å². The van der Waals surface area contributed by atoms with Gasteiger partial charge in [-0.05, 0) is 50.6 Å². The minimum absolute atomic E-state index is 0.0949. The van der Waals surface area contributed by atoms with Gasteiger partial charge in [0.25, 0.3) is 0 Å². The summed E-state index contributed by atoms with van der Waals surface area (Å²) in [5.41, 5.74) is 6.11. The summed E-state index contributed by atoms with van der Waals surface area (Å²) in [5, 5.41) is 10.3. The first-order valence-corrected chi connectivity index (χ1v) is 8.56. The highest BCUT2D eigenvalue weighted by Crippen LogP contribution is 2.51. The van der Waals surface area contributed by atoms with Gasteiger partial charge in [-0.3, -0.25) is 9.69 Å². The first-order valence-electron chi connectivity index (χ1n) is 8.56. The zero-order valence-electron chi connectivity index (χ0n) is 14.0. The summed E-state index contributed by atoms with van der Waals surface area (Å²) in [5.74, 6) is -0.773. The molecule has 1 saturated heterocycles. The largest absolute Gasteiger partial charge is 0.392 e. The van der Waals surface area contributed by atoms with Gasteiger partial charge >= 0.3 is 0 Å². The monoisotopic (exact) mass is 336 g/mol. The van der Waals surface area contributed by atoms with Crippen LogP contribution in [0.1, 0.15) is 37.8 Å². The number of hydrogen-bond acceptors (Lipinski definition) is 4. The molecule has 1 aliphatic carbocycles. The molecular weight excluding hydrogens is 311 g/mol. The van der Waals surface area contributed by atoms with Crippen molar-refractivity contribution in [2.45, 2.75) is 44.4 Å². The van der Waals surface area contributed by atoms with Crippen LogP contribution in [0.5, 0.6) is 0 Å². The van der Waals surface area contributed by atoms with Gasteiger partial charge in [-0.15, -0.1) is 0 Å². The third-order valence-corrected chi connectivity index (χ3v) is 5.66. The summed E-state index contributed by atoms with van der Waals surface area (Å²) >= 11 is 0. The number of primary amides is 1. The van der Waals surface area contributed by atoms with Crippen molar-refractivity contribution < 1.29 is 19.0 Å². The quantitative estimate of drug-likeness (QED) is 0.856. The van der Waals surface area contributed by atoms with Crippen LogP contribution in [0.25, 0.3) is 0 Å². The molecule has 0 aromatic heterocycles. The summed E-state index contributed by atoms with van der Waals surface area (Å²) in [6, 6.07) is 5.34. The number of aliphatic hydroxyl groups is 1. The molecule has 0 radical (unpaired) electrons. The number of ether oxygens (including phenoxy) is 1. The molecule has 1 aromatic rings. The molecule has 3 rings (SSSR count). The first-order chi connectivity index (χ1) is 11.5. The third kappa shape index (κ3) is 2.94. The van der Waals surface area contributed by atoms with Crippen molar-refractivity contribution in [3.63, 3.8) is 0 Å². The Kier molecular flexibility index (Phi) is 4.90. The third-order valence-electron chi connectivity index (χ3n) is 5.66. The Morgan fingerprint density at radius 2 is 2.04 bits per heavy atom. The number of hydrogen-bond donors (Lipinski definition) is 2. The molecule has 1 spiro atoms. The van der Waals surface area contributed by atoms with Gasteiger partial charge in [-0.25, -0.2) is 4.39 Å². The van der Waals surface area contributed by atoms with Crippen LogP contribution in [0.2, 0.25) is 0 Å². The summed E-state index contributed by atoms with van der Waals surface area (Å²) in [6.45, 7) is 3.92. The predicted octanol–water partition coefficient (Wildman–Crippen LogP) is 1.60. The van der Waals surface area contributed by atoms with Crippen molar-refractivity contribution in [3.05, 3.63) is 35.6 Å². The normalized spacial score (nSPS) is 27.6. The number of amides is 1. The highest BCUT2D eigenvalue weighted by molar-refractivity contribution is 5.81. The lowest BCUT2D eigenvalue weighted by Crippen LogP contribution is -2.62. The van der Waals surface area contributed by atoms with E-state index >= 15 is 0 Å². The highest BCUT2D eigenvalue weighted by Gasteiger charge is 2.56. The van der Waals surface area contributed by atoms with Crippen LogP contribution in [0, 0.1) is 11.2 Å². The maximum absolute atomic E-state index is 13.1. The van der Waals surface area contributed by atoms with E-state index in [2.05, 4.69) is 0 Å². The molecular formula is C18H25FN2O3. The van der Waals surface area contributed by atoms with E-state index in [1.807, 2.05) is 11.8 Å². The number of carbonyl (C=O) groups is 1. The van der Waals surface area contributed by atoms with E-state index in [4.69, 9.17) is 10.5 Å². The molecule has 0 bridgehead atoms. The van der Waals surface area contributed by atoms with E-state index in [1.54, 1.807) is 12.1 Å². The Morgan fingerprint density at radius 3 is 2.54 bits per heavy atom. The Balaban J connectivity index is 1.72. The van der Waals surface area contributed by atoms with Crippen molar-refractivity contribution in [2.24, 2.45) is 11.1 Å². The molecule has 1 aromatic carbocycles. The second kappa shape index (κ2) is 6.78. The molecule has 1 heterocycles. The number of nitrogens with two attached hydrogens (primary N) is 1. The summed E-state index contributed by atoms with van der Waals surface area (Å²) in [6.07, 6.45) is 1.98. The van der Waals surface area contributed by atoms with Gasteiger partial charge in [-0.1, -0.05) is 12.1 Å². The number of aliphatic hydroxyl groups excluding tert-OH is 1. The number of likely N-dealkylation sites (tertiary alicyclic amines) is 1. The SMILES string of the molecule is CCOC1CC(O)C12CCN(C(C(N)=O)c1ccc(F)cc1)CC2. The second-order valence-electron chi connectivity index (χ2n) is 6.82. The average Bonchev–Trinajstić information content (AvgIpc) is 2.57. The van der Waals surface area contributed by atoms with E-state index in [0.29, 0.717) is 31.7 Å². The van der Waals surface area contributed by atoms with Crippen LogP contribution in [0.3, 0.4) is 0 Å². The number of rotatable bonds is 5. The second-order valence-corrected chi connectivity index (χ2v) is 6.82. The molecule has 6 heteroatoms. The lowest BCUT2D eigenvalue weighted by Gasteiger charge is -2.57. The zero-order valence-corrected chi connectivity index (χ0v) is 14.0. The average molecular weight is 336 g/mol. The van der Waals surface area contributed by atoms with Crippen LogP contribution in [-0.2, 0) is 9.53 Å². The lowest BCUT2D eigenvalue weighted by molar-refractivity contribution is -0.211. The first kappa shape index (κ1) is 17.3. The summed E-state index contributed by atoms with van der Waals surface area (Å²) in [7, 11) is 0. The molecule has 3 atom stereocenters. The molecule has 1 amide bonds. The van der Waals surface area contributed by atoms with Gasteiger partial charge in [0, 0.05) is 18.4 Å². The summed E-state index contributed by atoms with van der Waals surface area (Å²) < 4.78 is 18.9. The van der Waals surface area contributed by atoms with Crippen molar-refractivity contribution in [3.8, 4) is 0 Å².